The minimum absolute atomic E-state index is 0.136. The molecule has 1 N–H and O–H groups in total. The molecule has 0 saturated carbocycles. The largest absolute Gasteiger partial charge is 0.505 e. The van der Waals surface area contributed by atoms with E-state index >= 15 is 0 Å². The number of phenols is 1. The number of aromatic hydroxyl groups is 1. The maximum absolute atomic E-state index is 12.0. The van der Waals surface area contributed by atoms with Crippen molar-refractivity contribution in [3.05, 3.63) is 47.5 Å². The maximum atomic E-state index is 12.0. The zero-order valence-corrected chi connectivity index (χ0v) is 13.7. The third kappa shape index (κ3) is 3.08. The fourth-order valence-electron chi connectivity index (χ4n) is 2.35. The molecule has 124 valence electrons. The molecule has 0 spiro atoms. The van der Waals surface area contributed by atoms with E-state index in [-0.39, 0.29) is 11.7 Å². The highest BCUT2D eigenvalue weighted by molar-refractivity contribution is 5.93. The lowest BCUT2D eigenvalue weighted by Crippen LogP contribution is -2.06. The van der Waals surface area contributed by atoms with Gasteiger partial charge in [0.1, 0.15) is 22.5 Å². The van der Waals surface area contributed by atoms with Gasteiger partial charge in [-0.05, 0) is 43.2 Å². The molecule has 6 heteroatoms. The zero-order chi connectivity index (χ0) is 17.1. The van der Waals surface area contributed by atoms with Crippen molar-refractivity contribution in [3.8, 4) is 11.4 Å². The first-order valence-corrected chi connectivity index (χ1v) is 7.93. The molecule has 0 radical (unpaired) electrons. The summed E-state index contributed by atoms with van der Waals surface area (Å²) in [4.78, 5) is 13.4. The van der Waals surface area contributed by atoms with Gasteiger partial charge in [-0.2, -0.15) is 0 Å². The molecule has 3 rings (SSSR count). The first-order chi connectivity index (χ1) is 11.6. The summed E-state index contributed by atoms with van der Waals surface area (Å²) in [6.07, 6.45) is 1.82. The van der Waals surface area contributed by atoms with Crippen molar-refractivity contribution in [2.24, 2.45) is 0 Å². The van der Waals surface area contributed by atoms with E-state index in [1.807, 2.05) is 26.0 Å². The smallest absolute Gasteiger partial charge is 0.338 e. The number of hydrogen-bond acceptors (Lipinski definition) is 5. The van der Waals surface area contributed by atoms with Crippen LogP contribution in [-0.4, -0.2) is 32.7 Å². The van der Waals surface area contributed by atoms with Crippen LogP contribution in [0.5, 0.6) is 5.75 Å². The van der Waals surface area contributed by atoms with Gasteiger partial charge in [0.05, 0.1) is 12.2 Å². The quantitative estimate of drug-likeness (QED) is 0.575. The number of carbonyl (C=O) groups is 1. The summed E-state index contributed by atoms with van der Waals surface area (Å²) in [7, 11) is 0. The van der Waals surface area contributed by atoms with Crippen LogP contribution in [0.25, 0.3) is 16.7 Å². The van der Waals surface area contributed by atoms with Gasteiger partial charge in [0.25, 0.3) is 0 Å². The molecule has 24 heavy (non-hydrogen) atoms. The number of rotatable bonds is 5. The Labute approximate surface area is 139 Å². The molecule has 0 fully saturated rings. The monoisotopic (exact) mass is 325 g/mol. The van der Waals surface area contributed by atoms with Gasteiger partial charge in [-0.25, -0.2) is 4.79 Å². The summed E-state index contributed by atoms with van der Waals surface area (Å²) in [6, 6.07) is 10.4. The van der Waals surface area contributed by atoms with Gasteiger partial charge in [0.2, 0.25) is 0 Å². The fourth-order valence-corrected chi connectivity index (χ4v) is 2.35. The maximum Gasteiger partial charge on any atom is 0.338 e. The Balaban J connectivity index is 1.92. The second-order valence-corrected chi connectivity index (χ2v) is 5.63. The molecule has 0 aliphatic heterocycles. The minimum Gasteiger partial charge on any atom is -0.505 e. The van der Waals surface area contributed by atoms with Gasteiger partial charge in [-0.1, -0.05) is 25.5 Å². The lowest BCUT2D eigenvalue weighted by Gasteiger charge is -2.04. The summed E-state index contributed by atoms with van der Waals surface area (Å²) in [6.45, 7) is 4.27. The summed E-state index contributed by atoms with van der Waals surface area (Å²) < 4.78 is 5.21. The Morgan fingerprint density at radius 3 is 2.79 bits per heavy atom. The molecule has 0 aliphatic carbocycles. The third-order valence-corrected chi connectivity index (χ3v) is 3.78. The Hall–Kier alpha value is -2.89. The normalized spacial score (nSPS) is 10.9. The number of para-hydroxylation sites is 1. The highest BCUT2D eigenvalue weighted by Gasteiger charge is 2.13. The average Bonchev–Trinajstić information content (AvgIpc) is 3.00. The van der Waals surface area contributed by atoms with E-state index in [0.717, 1.165) is 18.4 Å². The van der Waals surface area contributed by atoms with Crippen molar-refractivity contribution in [2.45, 2.75) is 26.7 Å². The predicted molar refractivity (Wildman–Crippen MR) is 90.5 cm³/mol. The van der Waals surface area contributed by atoms with E-state index in [9.17, 15) is 9.90 Å². The van der Waals surface area contributed by atoms with E-state index < -0.39 is 0 Å². The van der Waals surface area contributed by atoms with Gasteiger partial charge in [-0.15, -0.1) is 15.0 Å². The van der Waals surface area contributed by atoms with E-state index in [1.54, 1.807) is 24.3 Å². The molecular weight excluding hydrogens is 306 g/mol. The van der Waals surface area contributed by atoms with E-state index in [4.69, 9.17) is 4.74 Å². The molecule has 0 aliphatic rings. The van der Waals surface area contributed by atoms with Crippen LogP contribution in [-0.2, 0) is 4.74 Å². The van der Waals surface area contributed by atoms with Gasteiger partial charge in [0, 0.05) is 0 Å². The summed E-state index contributed by atoms with van der Waals surface area (Å²) >= 11 is 0. The molecule has 0 atom stereocenters. The van der Waals surface area contributed by atoms with Crippen LogP contribution in [0.3, 0.4) is 0 Å². The Bertz CT molecular complexity index is 886. The van der Waals surface area contributed by atoms with Crippen LogP contribution in [0.15, 0.2) is 36.4 Å². The number of aryl methyl sites for hydroxylation is 1. The van der Waals surface area contributed by atoms with Crippen LogP contribution in [0.2, 0.25) is 0 Å². The van der Waals surface area contributed by atoms with Gasteiger partial charge >= 0.3 is 5.97 Å². The van der Waals surface area contributed by atoms with Crippen LogP contribution >= 0.6 is 0 Å². The lowest BCUT2D eigenvalue weighted by molar-refractivity contribution is 0.0500. The summed E-state index contributed by atoms with van der Waals surface area (Å²) in [5, 5.41) is 18.9. The Morgan fingerprint density at radius 2 is 2.00 bits per heavy atom. The second-order valence-electron chi connectivity index (χ2n) is 5.63. The number of carbonyl (C=O) groups excluding carboxylic acids is 1. The lowest BCUT2D eigenvalue weighted by atomic mass is 10.2. The number of aromatic nitrogens is 3. The summed E-state index contributed by atoms with van der Waals surface area (Å²) in [5.74, 6) is -0.227. The molecular formula is C18H19N3O3. The second kappa shape index (κ2) is 6.70. The Morgan fingerprint density at radius 1 is 1.21 bits per heavy atom. The van der Waals surface area contributed by atoms with Crippen molar-refractivity contribution >= 4 is 17.0 Å². The molecule has 1 heterocycles. The van der Waals surface area contributed by atoms with Crippen molar-refractivity contribution < 1.29 is 14.6 Å². The van der Waals surface area contributed by atoms with Crippen LogP contribution < -0.4 is 0 Å². The molecule has 1 aromatic heterocycles. The standard InChI is InChI=1S/C18H19N3O3/c1-3-4-10-24-18(23)13-8-9-14-15(11-13)20-21(19-14)16-7-5-6-12(2)17(16)22/h5-9,11,22H,3-4,10H2,1-2H3. The fraction of sp³-hybridized carbons (Fsp3) is 0.278. The van der Waals surface area contributed by atoms with E-state index in [1.165, 1.54) is 4.80 Å². The van der Waals surface area contributed by atoms with E-state index in [2.05, 4.69) is 10.2 Å². The average molecular weight is 325 g/mol. The summed E-state index contributed by atoms with van der Waals surface area (Å²) in [5.41, 5.74) is 2.90. The SMILES string of the molecule is CCCCOC(=O)c1ccc2nn(-c3cccc(C)c3O)nc2c1. The van der Waals surface area contributed by atoms with Gasteiger partial charge in [-0.3, -0.25) is 0 Å². The number of hydrogen-bond donors (Lipinski definition) is 1. The van der Waals surface area contributed by atoms with Crippen molar-refractivity contribution in [3.63, 3.8) is 0 Å². The number of unbranched alkanes of at least 4 members (excludes halogenated alkanes) is 1. The molecule has 0 unspecified atom stereocenters. The highest BCUT2D eigenvalue weighted by Crippen LogP contribution is 2.25. The van der Waals surface area contributed by atoms with Crippen LogP contribution in [0.4, 0.5) is 0 Å². The van der Waals surface area contributed by atoms with Crippen molar-refractivity contribution in [1.29, 1.82) is 0 Å². The topological polar surface area (TPSA) is 77.2 Å². The highest BCUT2D eigenvalue weighted by atomic mass is 16.5. The van der Waals surface area contributed by atoms with E-state index in [0.29, 0.717) is 28.9 Å². The number of phenolic OH excluding ortho intramolecular Hbond substituents is 1. The first-order valence-electron chi connectivity index (χ1n) is 7.93. The molecule has 2 aromatic carbocycles. The number of nitrogens with zero attached hydrogens (tertiary/aromatic N) is 3. The number of benzene rings is 2. The number of ether oxygens (including phenoxy) is 1. The number of esters is 1. The van der Waals surface area contributed by atoms with Crippen molar-refractivity contribution in [1.82, 2.24) is 15.0 Å². The van der Waals surface area contributed by atoms with Crippen molar-refractivity contribution in [2.75, 3.05) is 6.61 Å². The first kappa shape index (κ1) is 16.0. The van der Waals surface area contributed by atoms with Crippen LogP contribution in [0.1, 0.15) is 35.7 Å². The molecule has 0 saturated heterocycles. The molecule has 0 bridgehead atoms. The molecule has 6 nitrogen and oxygen atoms in total. The third-order valence-electron chi connectivity index (χ3n) is 3.78. The molecule has 0 amide bonds. The Kier molecular flexibility index (Phi) is 4.46. The minimum atomic E-state index is -0.363. The van der Waals surface area contributed by atoms with Gasteiger partial charge in [0.15, 0.2) is 0 Å². The predicted octanol–water partition coefficient (Wildman–Crippen LogP) is 3.39. The number of fused-ring (bicyclic) bond motifs is 1. The van der Waals surface area contributed by atoms with Crippen LogP contribution in [0, 0.1) is 6.92 Å². The molecule has 3 aromatic rings. The van der Waals surface area contributed by atoms with Gasteiger partial charge < -0.3 is 9.84 Å². The zero-order valence-electron chi connectivity index (χ0n) is 13.7.